The van der Waals surface area contributed by atoms with E-state index in [1.165, 1.54) is 0 Å². The molecule has 0 aromatic carbocycles. The topological polar surface area (TPSA) is 29.5 Å². The molecule has 3 unspecified atom stereocenters. The van der Waals surface area contributed by atoms with Crippen LogP contribution in [-0.2, 0) is 4.74 Å². The van der Waals surface area contributed by atoms with E-state index in [1.807, 2.05) is 0 Å². The summed E-state index contributed by atoms with van der Waals surface area (Å²) in [4.78, 5) is 0. The Labute approximate surface area is 112 Å². The molecule has 0 radical (unpaired) electrons. The molecular formula is C14H23F3O2. The molecule has 1 heterocycles. The smallest absolute Gasteiger partial charge is 0.390 e. The maximum absolute atomic E-state index is 12.7. The Balaban J connectivity index is 1.77. The number of rotatable bonds is 4. The van der Waals surface area contributed by atoms with Crippen molar-refractivity contribution < 1.29 is 23.0 Å². The highest BCUT2D eigenvalue weighted by atomic mass is 19.4. The van der Waals surface area contributed by atoms with Gasteiger partial charge in [-0.2, -0.15) is 13.2 Å². The quantitative estimate of drug-likeness (QED) is 0.848. The summed E-state index contributed by atoms with van der Waals surface area (Å²) in [5, 5.41) is 10.3. The maximum Gasteiger partial charge on any atom is 0.391 e. The first-order valence-corrected chi connectivity index (χ1v) is 7.30. The van der Waals surface area contributed by atoms with E-state index in [2.05, 4.69) is 0 Å². The summed E-state index contributed by atoms with van der Waals surface area (Å²) in [5.41, 5.74) is -1.11. The first kappa shape index (κ1) is 15.1. The first-order chi connectivity index (χ1) is 8.89. The molecule has 1 saturated carbocycles. The highest BCUT2D eigenvalue weighted by Crippen LogP contribution is 2.43. The van der Waals surface area contributed by atoms with Crippen LogP contribution in [0.3, 0.4) is 0 Å². The summed E-state index contributed by atoms with van der Waals surface area (Å²) < 4.78 is 43.7. The largest absolute Gasteiger partial charge is 0.391 e. The van der Waals surface area contributed by atoms with Gasteiger partial charge in [-0.3, -0.25) is 0 Å². The Morgan fingerprint density at radius 3 is 2.63 bits per heavy atom. The summed E-state index contributed by atoms with van der Waals surface area (Å²) in [6, 6.07) is 0. The van der Waals surface area contributed by atoms with E-state index in [4.69, 9.17) is 4.74 Å². The highest BCUT2D eigenvalue weighted by molar-refractivity contribution is 4.89. The van der Waals surface area contributed by atoms with Crippen LogP contribution in [0, 0.1) is 5.92 Å². The van der Waals surface area contributed by atoms with Crippen LogP contribution in [0.15, 0.2) is 0 Å². The SMILES string of the molecule is OC1(CCCC2CCCO2)CCCC(C(F)(F)F)C1. The molecule has 0 aromatic rings. The van der Waals surface area contributed by atoms with Crippen LogP contribution in [0.1, 0.15) is 57.8 Å². The van der Waals surface area contributed by atoms with E-state index >= 15 is 0 Å². The summed E-state index contributed by atoms with van der Waals surface area (Å²) in [5.74, 6) is -1.33. The Morgan fingerprint density at radius 1 is 1.21 bits per heavy atom. The number of ether oxygens (including phenoxy) is 1. The lowest BCUT2D eigenvalue weighted by Crippen LogP contribution is -2.40. The third-order valence-corrected chi connectivity index (χ3v) is 4.48. The molecule has 0 aromatic heterocycles. The summed E-state index contributed by atoms with van der Waals surface area (Å²) in [7, 11) is 0. The van der Waals surface area contributed by atoms with Crippen LogP contribution in [0.5, 0.6) is 0 Å². The Hall–Kier alpha value is -0.290. The molecule has 1 aliphatic carbocycles. The molecule has 0 spiro atoms. The van der Waals surface area contributed by atoms with E-state index < -0.39 is 17.7 Å². The highest BCUT2D eigenvalue weighted by Gasteiger charge is 2.46. The van der Waals surface area contributed by atoms with Crippen molar-refractivity contribution in [2.24, 2.45) is 5.92 Å². The van der Waals surface area contributed by atoms with Crippen LogP contribution in [0.4, 0.5) is 13.2 Å². The lowest BCUT2D eigenvalue weighted by molar-refractivity contribution is -0.201. The van der Waals surface area contributed by atoms with Gasteiger partial charge in [0.25, 0.3) is 0 Å². The molecule has 1 saturated heterocycles. The summed E-state index contributed by atoms with van der Waals surface area (Å²) >= 11 is 0. The molecule has 2 nitrogen and oxygen atoms in total. The molecule has 2 fully saturated rings. The standard InChI is InChI=1S/C14H23F3O2/c15-14(16,17)11-4-1-7-13(18,10-11)8-2-5-12-6-3-9-19-12/h11-12,18H,1-10H2. The van der Waals surface area contributed by atoms with Gasteiger partial charge in [0.2, 0.25) is 0 Å². The molecule has 5 heteroatoms. The Bertz CT molecular complexity index is 287. The minimum absolute atomic E-state index is 0.123. The summed E-state index contributed by atoms with van der Waals surface area (Å²) in [6.07, 6.45) is 1.32. The van der Waals surface area contributed by atoms with Crippen molar-refractivity contribution in [1.82, 2.24) is 0 Å². The first-order valence-electron chi connectivity index (χ1n) is 7.30. The molecular weight excluding hydrogens is 257 g/mol. The minimum Gasteiger partial charge on any atom is -0.390 e. The number of hydrogen-bond donors (Lipinski definition) is 1. The number of alkyl halides is 3. The van der Waals surface area contributed by atoms with Gasteiger partial charge in [-0.15, -0.1) is 0 Å². The fraction of sp³-hybridized carbons (Fsp3) is 1.00. The van der Waals surface area contributed by atoms with Crippen molar-refractivity contribution in [2.75, 3.05) is 6.61 Å². The van der Waals surface area contributed by atoms with Gasteiger partial charge < -0.3 is 9.84 Å². The van der Waals surface area contributed by atoms with Crippen molar-refractivity contribution in [3.63, 3.8) is 0 Å². The van der Waals surface area contributed by atoms with Crippen LogP contribution >= 0.6 is 0 Å². The molecule has 3 atom stereocenters. The second-order valence-electron chi connectivity index (χ2n) is 6.09. The summed E-state index contributed by atoms with van der Waals surface area (Å²) in [6.45, 7) is 0.797. The third kappa shape index (κ3) is 4.35. The zero-order valence-electron chi connectivity index (χ0n) is 11.2. The lowest BCUT2D eigenvalue weighted by Gasteiger charge is -2.37. The minimum atomic E-state index is -4.16. The zero-order valence-corrected chi connectivity index (χ0v) is 11.2. The molecule has 0 bridgehead atoms. The zero-order chi connectivity index (χ0) is 13.9. The second-order valence-corrected chi connectivity index (χ2v) is 6.09. The van der Waals surface area contributed by atoms with Crippen molar-refractivity contribution in [2.45, 2.75) is 75.7 Å². The van der Waals surface area contributed by atoms with Gasteiger partial charge >= 0.3 is 6.18 Å². The Kier molecular flexibility index (Phi) is 4.77. The third-order valence-electron chi connectivity index (χ3n) is 4.48. The molecule has 19 heavy (non-hydrogen) atoms. The van der Waals surface area contributed by atoms with Gasteiger partial charge in [0.1, 0.15) is 0 Å². The molecule has 1 aliphatic heterocycles. The van der Waals surface area contributed by atoms with Crippen molar-refractivity contribution in [3.05, 3.63) is 0 Å². The van der Waals surface area contributed by atoms with Gasteiger partial charge in [0.05, 0.1) is 17.6 Å². The van der Waals surface area contributed by atoms with E-state index in [0.717, 1.165) is 32.3 Å². The molecule has 112 valence electrons. The van der Waals surface area contributed by atoms with Gasteiger partial charge in [-0.25, -0.2) is 0 Å². The van der Waals surface area contributed by atoms with E-state index in [-0.39, 0.29) is 18.9 Å². The van der Waals surface area contributed by atoms with Crippen LogP contribution in [0.25, 0.3) is 0 Å². The van der Waals surface area contributed by atoms with Crippen molar-refractivity contribution in [3.8, 4) is 0 Å². The van der Waals surface area contributed by atoms with Crippen LogP contribution < -0.4 is 0 Å². The lowest BCUT2D eigenvalue weighted by atomic mass is 9.75. The van der Waals surface area contributed by atoms with Gasteiger partial charge in [0, 0.05) is 6.61 Å². The average Bonchev–Trinajstić information content (AvgIpc) is 2.81. The van der Waals surface area contributed by atoms with Crippen LogP contribution in [0.2, 0.25) is 0 Å². The predicted octanol–water partition coefficient (Wildman–Crippen LogP) is 3.82. The number of aliphatic hydroxyl groups is 1. The fourth-order valence-corrected chi connectivity index (χ4v) is 3.38. The van der Waals surface area contributed by atoms with Crippen molar-refractivity contribution in [1.29, 1.82) is 0 Å². The normalized spacial score (nSPS) is 36.6. The fourth-order valence-electron chi connectivity index (χ4n) is 3.38. The second kappa shape index (κ2) is 6.00. The van der Waals surface area contributed by atoms with E-state index in [9.17, 15) is 18.3 Å². The van der Waals surface area contributed by atoms with E-state index in [1.54, 1.807) is 0 Å². The molecule has 0 amide bonds. The van der Waals surface area contributed by atoms with Gasteiger partial charge in [0.15, 0.2) is 0 Å². The maximum atomic E-state index is 12.7. The Morgan fingerprint density at radius 2 is 2.00 bits per heavy atom. The van der Waals surface area contributed by atoms with E-state index in [0.29, 0.717) is 19.3 Å². The van der Waals surface area contributed by atoms with Crippen molar-refractivity contribution >= 4 is 0 Å². The predicted molar refractivity (Wildman–Crippen MR) is 65.8 cm³/mol. The number of hydrogen-bond acceptors (Lipinski definition) is 2. The molecule has 2 aliphatic rings. The number of halogens is 3. The van der Waals surface area contributed by atoms with Gasteiger partial charge in [-0.05, 0) is 57.8 Å². The molecule has 2 rings (SSSR count). The average molecular weight is 280 g/mol. The van der Waals surface area contributed by atoms with Crippen LogP contribution in [-0.4, -0.2) is 29.6 Å². The van der Waals surface area contributed by atoms with Gasteiger partial charge in [-0.1, -0.05) is 0 Å². The molecule has 1 N–H and O–H groups in total. The monoisotopic (exact) mass is 280 g/mol.